The molecule has 7 nitrogen and oxygen atoms in total. The lowest BCUT2D eigenvalue weighted by molar-refractivity contribution is 0.159. The van der Waals surface area contributed by atoms with Crippen molar-refractivity contribution in [3.63, 3.8) is 0 Å². The maximum Gasteiger partial charge on any atom is 0.320 e. The molecule has 2 rings (SSSR count). The molecule has 0 aliphatic heterocycles. The Morgan fingerprint density at radius 3 is 2.81 bits per heavy atom. The minimum atomic E-state index is -0.627. The van der Waals surface area contributed by atoms with Crippen molar-refractivity contribution in [2.24, 2.45) is 5.92 Å². The van der Waals surface area contributed by atoms with E-state index in [-0.39, 0.29) is 18.5 Å². The van der Waals surface area contributed by atoms with Gasteiger partial charge in [0.15, 0.2) is 5.82 Å². The molecule has 0 spiro atoms. The number of aliphatic hydroxyl groups excluding tert-OH is 1. The molecule has 1 atom stereocenters. The Bertz CT molecular complexity index is 570. The van der Waals surface area contributed by atoms with Gasteiger partial charge in [0.1, 0.15) is 11.6 Å². The van der Waals surface area contributed by atoms with Crippen molar-refractivity contribution >= 4 is 11.8 Å². The summed E-state index contributed by atoms with van der Waals surface area (Å²) in [7, 11) is 0. The van der Waals surface area contributed by atoms with Crippen LogP contribution in [-0.4, -0.2) is 33.1 Å². The highest BCUT2D eigenvalue weighted by atomic mass is 16.3. The molecule has 0 saturated heterocycles. The summed E-state index contributed by atoms with van der Waals surface area (Å²) in [4.78, 5) is 12.1. The Kier molecular flexibility index (Phi) is 4.19. The minimum Gasteiger partial charge on any atom is -0.394 e. The summed E-state index contributed by atoms with van der Waals surface area (Å²) in [5.74, 6) is 0.539. The van der Waals surface area contributed by atoms with Gasteiger partial charge in [0.25, 0.3) is 0 Å². The van der Waals surface area contributed by atoms with Gasteiger partial charge in [-0.25, -0.2) is 4.79 Å². The predicted molar refractivity (Wildman–Crippen MR) is 77.7 cm³/mol. The first kappa shape index (κ1) is 15.3. The number of aromatic nitrogens is 2. The number of nitrogens with zero attached hydrogens (tertiary/aromatic N) is 3. The molecule has 0 radical (unpaired) electrons. The number of hydrogen-bond donors (Lipinski definition) is 3. The molecule has 1 saturated carbocycles. The molecule has 0 aromatic carbocycles. The Labute approximate surface area is 123 Å². The topological polar surface area (TPSA) is 103 Å². The summed E-state index contributed by atoms with van der Waals surface area (Å²) in [6.07, 6.45) is 3.61. The van der Waals surface area contributed by atoms with Gasteiger partial charge < -0.3 is 10.4 Å². The van der Waals surface area contributed by atoms with Gasteiger partial charge in [0, 0.05) is 12.2 Å². The van der Waals surface area contributed by atoms with E-state index in [0.29, 0.717) is 11.5 Å². The number of rotatable bonds is 5. The first-order valence-corrected chi connectivity index (χ1v) is 7.09. The van der Waals surface area contributed by atoms with Crippen LogP contribution < -0.4 is 10.6 Å². The molecule has 1 fully saturated rings. The third-order valence-electron chi connectivity index (χ3n) is 3.82. The normalized spacial score (nSPS) is 17.1. The lowest BCUT2D eigenvalue weighted by atomic mass is 9.97. The van der Waals surface area contributed by atoms with Gasteiger partial charge in [0.05, 0.1) is 12.1 Å². The number of anilines is 1. The van der Waals surface area contributed by atoms with Crippen molar-refractivity contribution < 1.29 is 9.90 Å². The molecule has 2 amide bonds. The Morgan fingerprint density at radius 1 is 1.67 bits per heavy atom. The second-order valence-corrected chi connectivity index (χ2v) is 6.01. The fourth-order valence-corrected chi connectivity index (χ4v) is 2.22. The van der Waals surface area contributed by atoms with Crippen molar-refractivity contribution in [1.82, 2.24) is 15.1 Å². The number of carbonyl (C=O) groups excluding carboxylic acids is 1. The second-order valence-electron chi connectivity index (χ2n) is 6.01. The van der Waals surface area contributed by atoms with Gasteiger partial charge in [-0.15, -0.1) is 0 Å². The van der Waals surface area contributed by atoms with Crippen LogP contribution in [0.15, 0.2) is 6.20 Å². The van der Waals surface area contributed by atoms with Crippen LogP contribution in [0.5, 0.6) is 0 Å². The largest absolute Gasteiger partial charge is 0.394 e. The smallest absolute Gasteiger partial charge is 0.320 e. The van der Waals surface area contributed by atoms with Crippen LogP contribution >= 0.6 is 0 Å². The van der Waals surface area contributed by atoms with E-state index >= 15 is 0 Å². The molecular formula is C14H21N5O2. The van der Waals surface area contributed by atoms with Crippen LogP contribution in [0.3, 0.4) is 0 Å². The molecule has 0 bridgehead atoms. The summed E-state index contributed by atoms with van der Waals surface area (Å²) in [5.41, 5.74) is -0.312. The van der Waals surface area contributed by atoms with Crippen LogP contribution in [0.25, 0.3) is 0 Å². The summed E-state index contributed by atoms with van der Waals surface area (Å²) in [6, 6.07) is 1.66. The summed E-state index contributed by atoms with van der Waals surface area (Å²) < 4.78 is 1.63. The van der Waals surface area contributed by atoms with Crippen molar-refractivity contribution in [3.05, 3.63) is 11.8 Å². The maximum atomic E-state index is 12.1. The predicted octanol–water partition coefficient (Wildman–Crippen LogP) is 1.62. The van der Waals surface area contributed by atoms with E-state index < -0.39 is 11.6 Å². The fourth-order valence-electron chi connectivity index (χ4n) is 2.22. The van der Waals surface area contributed by atoms with E-state index in [1.54, 1.807) is 10.9 Å². The lowest BCUT2D eigenvalue weighted by Crippen LogP contribution is -2.52. The Balaban J connectivity index is 2.07. The first-order valence-electron chi connectivity index (χ1n) is 7.09. The van der Waals surface area contributed by atoms with Gasteiger partial charge in [0.2, 0.25) is 0 Å². The zero-order valence-electron chi connectivity index (χ0n) is 12.6. The van der Waals surface area contributed by atoms with Crippen molar-refractivity contribution in [2.45, 2.75) is 45.2 Å². The standard InChI is InChI=1S/C14H21N5O2/c1-9(2)19-7-10(6-15)12(18-19)16-13(21)17-14(3,8-20)11-4-5-11/h7,9,11,20H,4-5,8H2,1-3H3,(H2,16,17,18,21). The molecule has 7 heteroatoms. The average Bonchev–Trinajstić information content (AvgIpc) is 3.21. The highest BCUT2D eigenvalue weighted by Gasteiger charge is 2.42. The third-order valence-corrected chi connectivity index (χ3v) is 3.82. The molecule has 1 aliphatic rings. The van der Waals surface area contributed by atoms with Crippen LogP contribution in [0.4, 0.5) is 10.6 Å². The van der Waals surface area contributed by atoms with E-state index in [0.717, 1.165) is 12.8 Å². The number of nitrogens with one attached hydrogen (secondary N) is 2. The summed E-state index contributed by atoms with van der Waals surface area (Å²) >= 11 is 0. The SMILES string of the molecule is CC(C)n1cc(C#N)c(NC(=O)NC(C)(CO)C2CC2)n1. The summed E-state index contributed by atoms with van der Waals surface area (Å²) in [5, 5.41) is 28.1. The van der Waals surface area contributed by atoms with E-state index in [2.05, 4.69) is 15.7 Å². The molecule has 114 valence electrons. The fraction of sp³-hybridized carbons (Fsp3) is 0.643. The monoisotopic (exact) mass is 291 g/mol. The molecule has 1 aliphatic carbocycles. The Hall–Kier alpha value is -2.07. The third kappa shape index (κ3) is 3.34. The van der Waals surface area contributed by atoms with Crippen molar-refractivity contribution in [2.75, 3.05) is 11.9 Å². The molecule has 3 N–H and O–H groups in total. The van der Waals surface area contributed by atoms with E-state index in [1.807, 2.05) is 26.8 Å². The quantitative estimate of drug-likeness (QED) is 0.767. The number of nitriles is 1. The van der Waals surface area contributed by atoms with E-state index in [1.165, 1.54) is 0 Å². The molecule has 1 unspecified atom stereocenters. The highest BCUT2D eigenvalue weighted by Crippen LogP contribution is 2.39. The first-order chi connectivity index (χ1) is 9.89. The molecule has 1 heterocycles. The summed E-state index contributed by atoms with van der Waals surface area (Å²) in [6.45, 7) is 5.58. The van der Waals surface area contributed by atoms with Crippen LogP contribution in [0.2, 0.25) is 0 Å². The van der Waals surface area contributed by atoms with E-state index in [4.69, 9.17) is 5.26 Å². The average molecular weight is 291 g/mol. The van der Waals surface area contributed by atoms with Crippen LogP contribution in [0, 0.1) is 17.2 Å². The minimum absolute atomic E-state index is 0.102. The van der Waals surface area contributed by atoms with Crippen molar-refractivity contribution in [3.8, 4) is 6.07 Å². The highest BCUT2D eigenvalue weighted by molar-refractivity contribution is 5.90. The zero-order chi connectivity index (χ0) is 15.6. The van der Waals surface area contributed by atoms with Crippen LogP contribution in [-0.2, 0) is 0 Å². The number of hydrogen-bond acceptors (Lipinski definition) is 4. The zero-order valence-corrected chi connectivity index (χ0v) is 12.6. The van der Waals surface area contributed by atoms with Gasteiger partial charge >= 0.3 is 6.03 Å². The van der Waals surface area contributed by atoms with Gasteiger partial charge in [-0.3, -0.25) is 10.00 Å². The molecule has 1 aromatic heterocycles. The maximum absolute atomic E-state index is 12.1. The number of amides is 2. The number of aliphatic hydroxyl groups is 1. The van der Waals surface area contributed by atoms with Crippen LogP contribution in [0.1, 0.15) is 45.2 Å². The molecule has 1 aromatic rings. The molecular weight excluding hydrogens is 270 g/mol. The lowest BCUT2D eigenvalue weighted by Gasteiger charge is -2.28. The number of urea groups is 1. The van der Waals surface area contributed by atoms with Gasteiger partial charge in [-0.05, 0) is 39.5 Å². The molecule has 21 heavy (non-hydrogen) atoms. The second kappa shape index (κ2) is 5.74. The van der Waals surface area contributed by atoms with E-state index in [9.17, 15) is 9.90 Å². The van der Waals surface area contributed by atoms with Gasteiger partial charge in [-0.1, -0.05) is 0 Å². The number of carbonyl (C=O) groups is 1. The van der Waals surface area contributed by atoms with Gasteiger partial charge in [-0.2, -0.15) is 10.4 Å². The van der Waals surface area contributed by atoms with Crippen molar-refractivity contribution in [1.29, 1.82) is 5.26 Å². The Morgan fingerprint density at radius 2 is 2.33 bits per heavy atom.